The number of aliphatic imine (C=N–C) groups is 1. The number of piperidine rings is 1. The van der Waals surface area contributed by atoms with Gasteiger partial charge in [-0.1, -0.05) is 79.2 Å². The number of nitrogens with one attached hydrogen (secondary N) is 1. The molecular weight excluding hydrogens is 627 g/mol. The molecule has 0 unspecified atom stereocenters. The van der Waals surface area contributed by atoms with Crippen LogP contribution in [0.4, 0.5) is 0 Å². The van der Waals surface area contributed by atoms with E-state index >= 15 is 0 Å². The molecule has 0 aliphatic carbocycles. The van der Waals surface area contributed by atoms with E-state index in [0.717, 1.165) is 30.4 Å². The summed E-state index contributed by atoms with van der Waals surface area (Å²) >= 11 is 0. The van der Waals surface area contributed by atoms with E-state index < -0.39 is 27.4 Å². The van der Waals surface area contributed by atoms with Crippen LogP contribution in [0.15, 0.2) is 119 Å². The van der Waals surface area contributed by atoms with Crippen molar-refractivity contribution in [3.05, 3.63) is 120 Å². The van der Waals surface area contributed by atoms with Crippen molar-refractivity contribution < 1.29 is 27.8 Å². The van der Waals surface area contributed by atoms with Gasteiger partial charge >= 0.3 is 0 Å². The molecule has 250 valence electrons. The highest BCUT2D eigenvalue weighted by Crippen LogP contribution is 2.43. The molecule has 0 aromatic heterocycles. The zero-order chi connectivity index (χ0) is 33.4. The Hall–Kier alpha value is -4.51. The van der Waals surface area contributed by atoms with E-state index in [9.17, 15) is 13.2 Å². The van der Waals surface area contributed by atoms with Gasteiger partial charge in [0.1, 0.15) is 5.75 Å². The number of benzene rings is 4. The average Bonchev–Trinajstić information content (AvgIpc) is 3.53. The van der Waals surface area contributed by atoms with Gasteiger partial charge in [0.15, 0.2) is 21.5 Å². The highest BCUT2D eigenvalue weighted by molar-refractivity contribution is 7.91. The fourth-order valence-corrected chi connectivity index (χ4v) is 7.52. The zero-order valence-corrected chi connectivity index (χ0v) is 27.6. The first-order chi connectivity index (χ1) is 23.4. The van der Waals surface area contributed by atoms with Crippen molar-refractivity contribution in [2.75, 3.05) is 32.1 Å². The van der Waals surface area contributed by atoms with Crippen LogP contribution in [0.2, 0.25) is 0 Å². The van der Waals surface area contributed by atoms with E-state index in [-0.39, 0.29) is 29.6 Å². The summed E-state index contributed by atoms with van der Waals surface area (Å²) in [6.07, 6.45) is 2.53. The van der Waals surface area contributed by atoms with Gasteiger partial charge in [-0.05, 0) is 65.9 Å². The van der Waals surface area contributed by atoms with Crippen molar-refractivity contribution in [2.24, 2.45) is 4.99 Å². The van der Waals surface area contributed by atoms with Gasteiger partial charge in [-0.15, -0.1) is 0 Å². The first-order valence-electron chi connectivity index (χ1n) is 16.5. The maximum atomic E-state index is 14.6. The Bertz CT molecular complexity index is 1790. The summed E-state index contributed by atoms with van der Waals surface area (Å²) < 4.78 is 39.6. The molecule has 1 saturated heterocycles. The molecule has 0 spiro atoms. The first kappa shape index (κ1) is 33.4. The van der Waals surface area contributed by atoms with Gasteiger partial charge < -0.3 is 14.6 Å². The Morgan fingerprint density at radius 1 is 0.854 bits per heavy atom. The van der Waals surface area contributed by atoms with Crippen LogP contribution in [0.1, 0.15) is 49.3 Å². The number of hydrogen-bond donors (Lipinski definition) is 2. The third-order valence-electron chi connectivity index (χ3n) is 8.82. The summed E-state index contributed by atoms with van der Waals surface area (Å²) in [6.45, 7) is 1.83. The lowest BCUT2D eigenvalue weighted by Crippen LogP contribution is -2.55. The van der Waals surface area contributed by atoms with Crippen LogP contribution in [0, 0.1) is 0 Å². The van der Waals surface area contributed by atoms with E-state index in [1.54, 1.807) is 42.5 Å². The van der Waals surface area contributed by atoms with E-state index in [4.69, 9.17) is 19.6 Å². The quantitative estimate of drug-likeness (QED) is 0.174. The maximum Gasteiger partial charge on any atom is 0.266 e. The largest absolute Gasteiger partial charge is 0.494 e. The van der Waals surface area contributed by atoms with E-state index in [1.807, 2.05) is 71.7 Å². The SMILES string of the molecule is O=C(NN1CCCCC1)[C@@]1(CCS(=O)(=O)c2ccccc2)N=C(c2ccc(OCCCO)cc2)O[C@H]1c1ccc(-c2ccccc2)cc1. The third kappa shape index (κ3) is 7.62. The molecule has 4 aromatic rings. The van der Waals surface area contributed by atoms with Gasteiger partial charge in [0.05, 0.1) is 17.3 Å². The Morgan fingerprint density at radius 2 is 1.48 bits per heavy atom. The van der Waals surface area contributed by atoms with Gasteiger partial charge in [0, 0.05) is 38.1 Å². The Morgan fingerprint density at radius 3 is 2.15 bits per heavy atom. The van der Waals surface area contributed by atoms with Crippen LogP contribution < -0.4 is 10.2 Å². The molecule has 0 radical (unpaired) electrons. The molecule has 6 rings (SSSR count). The third-order valence-corrected chi connectivity index (χ3v) is 10.6. The molecular formula is C38H41N3O6S. The standard InChI is InChI=1S/C38H41N3O6S/c42-26-10-27-46-33-21-19-32(20-22-33)36-39-38(37(43)40-41-24-8-3-9-25-41,23-28-48(44,45)34-13-6-2-7-14-34)35(47-36)31-17-15-30(16-18-31)29-11-4-1-5-12-29/h1-2,4-7,11-22,35,42H,3,8-10,23-28H2,(H,40,43)/t35-,38-/m0/s1. The molecule has 2 aliphatic rings. The summed E-state index contributed by atoms with van der Waals surface area (Å²) in [7, 11) is -3.75. The summed E-state index contributed by atoms with van der Waals surface area (Å²) in [5.74, 6) is 0.173. The molecule has 10 heteroatoms. The second-order valence-electron chi connectivity index (χ2n) is 12.1. The van der Waals surface area contributed by atoms with Crippen molar-refractivity contribution in [1.82, 2.24) is 10.4 Å². The molecule has 0 bridgehead atoms. The Kier molecular flexibility index (Phi) is 10.5. The number of amides is 1. The number of rotatable bonds is 13. The van der Waals surface area contributed by atoms with Crippen molar-refractivity contribution in [3.63, 3.8) is 0 Å². The molecule has 9 nitrogen and oxygen atoms in total. The zero-order valence-electron chi connectivity index (χ0n) is 26.8. The van der Waals surface area contributed by atoms with Gasteiger partial charge in [-0.25, -0.2) is 18.4 Å². The van der Waals surface area contributed by atoms with Crippen LogP contribution in [0.3, 0.4) is 0 Å². The number of hydrogen-bond acceptors (Lipinski definition) is 8. The molecule has 2 atom stereocenters. The van der Waals surface area contributed by atoms with Crippen molar-refractivity contribution in [1.29, 1.82) is 0 Å². The highest BCUT2D eigenvalue weighted by atomic mass is 32.2. The number of aliphatic hydroxyl groups excluding tert-OH is 1. The Balaban J connectivity index is 1.39. The molecule has 1 fully saturated rings. The summed E-state index contributed by atoms with van der Waals surface area (Å²) in [5, 5.41) is 11.0. The smallest absolute Gasteiger partial charge is 0.266 e. The van der Waals surface area contributed by atoms with Crippen LogP contribution in [0.5, 0.6) is 5.75 Å². The van der Waals surface area contributed by atoms with Gasteiger partial charge in [0.25, 0.3) is 5.91 Å². The highest BCUT2D eigenvalue weighted by Gasteiger charge is 2.54. The monoisotopic (exact) mass is 667 g/mol. The number of sulfone groups is 1. The molecule has 48 heavy (non-hydrogen) atoms. The maximum absolute atomic E-state index is 14.6. The number of nitrogens with zero attached hydrogens (tertiary/aromatic N) is 2. The second-order valence-corrected chi connectivity index (χ2v) is 14.3. The van der Waals surface area contributed by atoms with Crippen molar-refractivity contribution >= 4 is 21.6 Å². The van der Waals surface area contributed by atoms with Gasteiger partial charge in [-0.3, -0.25) is 10.2 Å². The molecule has 1 amide bonds. The van der Waals surface area contributed by atoms with Gasteiger partial charge in [0.2, 0.25) is 5.90 Å². The fraction of sp³-hybridized carbons (Fsp3) is 0.316. The molecule has 0 saturated carbocycles. The summed E-state index contributed by atoms with van der Waals surface area (Å²) in [6, 6.07) is 33.3. The van der Waals surface area contributed by atoms with Crippen molar-refractivity contribution in [3.8, 4) is 16.9 Å². The van der Waals surface area contributed by atoms with Crippen molar-refractivity contribution in [2.45, 2.75) is 48.6 Å². The van der Waals surface area contributed by atoms with Crippen LogP contribution in [-0.2, 0) is 19.4 Å². The van der Waals surface area contributed by atoms with Crippen LogP contribution in [-0.4, -0.2) is 67.9 Å². The Labute approximate surface area is 282 Å². The fourth-order valence-electron chi connectivity index (χ4n) is 6.13. The minimum absolute atomic E-state index is 0.0397. The average molecular weight is 668 g/mol. The van der Waals surface area contributed by atoms with E-state index in [1.165, 1.54) is 0 Å². The topological polar surface area (TPSA) is 118 Å². The first-order valence-corrected chi connectivity index (χ1v) is 18.1. The lowest BCUT2D eigenvalue weighted by atomic mass is 9.84. The predicted molar refractivity (Wildman–Crippen MR) is 185 cm³/mol. The van der Waals surface area contributed by atoms with Crippen LogP contribution >= 0.6 is 0 Å². The lowest BCUT2D eigenvalue weighted by Gasteiger charge is -2.34. The number of aliphatic hydroxyl groups is 1. The number of ether oxygens (including phenoxy) is 2. The normalized spacial score (nSPS) is 19.7. The minimum Gasteiger partial charge on any atom is -0.494 e. The minimum atomic E-state index is -3.75. The number of carbonyl (C=O) groups excluding carboxylic acids is 1. The summed E-state index contributed by atoms with van der Waals surface area (Å²) in [4.78, 5) is 19.8. The van der Waals surface area contributed by atoms with Crippen LogP contribution in [0.25, 0.3) is 11.1 Å². The second kappa shape index (κ2) is 15.1. The van der Waals surface area contributed by atoms with E-state index in [2.05, 4.69) is 5.43 Å². The van der Waals surface area contributed by atoms with Gasteiger partial charge in [-0.2, -0.15) is 0 Å². The summed E-state index contributed by atoms with van der Waals surface area (Å²) in [5.41, 5.74) is 4.92. The predicted octanol–water partition coefficient (Wildman–Crippen LogP) is 5.75. The number of hydrazine groups is 1. The lowest BCUT2D eigenvalue weighted by molar-refractivity contribution is -0.134. The molecule has 4 aromatic carbocycles. The number of carbonyl (C=O) groups is 1. The molecule has 2 heterocycles. The van der Waals surface area contributed by atoms with E-state index in [0.29, 0.717) is 43.0 Å². The molecule has 2 aliphatic heterocycles. The molecule has 2 N–H and O–H groups in total.